The van der Waals surface area contributed by atoms with E-state index in [0.717, 1.165) is 62.9 Å². The second kappa shape index (κ2) is 10.5. The van der Waals surface area contributed by atoms with Gasteiger partial charge in [0.05, 0.1) is 12.9 Å². The van der Waals surface area contributed by atoms with Crippen molar-refractivity contribution in [2.75, 3.05) is 7.11 Å². The van der Waals surface area contributed by atoms with Crippen molar-refractivity contribution in [1.29, 1.82) is 0 Å². The molecule has 0 aromatic heterocycles. The van der Waals surface area contributed by atoms with Gasteiger partial charge >= 0.3 is 0 Å². The van der Waals surface area contributed by atoms with Crippen LogP contribution in [-0.2, 0) is 14.3 Å². The first-order valence-corrected chi connectivity index (χ1v) is 12.0. The minimum Gasteiger partial charge on any atom is -0.501 e. The molecule has 3 aliphatic rings. The molecule has 0 heterocycles. The number of rotatable bonds is 9. The van der Waals surface area contributed by atoms with Crippen LogP contribution in [0.15, 0.2) is 47.0 Å². The lowest BCUT2D eigenvalue weighted by Gasteiger charge is -2.27. The summed E-state index contributed by atoms with van der Waals surface area (Å²) >= 11 is 0. The lowest BCUT2D eigenvalue weighted by Crippen LogP contribution is -2.29. The Balaban J connectivity index is 1.62. The molecule has 0 aromatic carbocycles. The highest BCUT2D eigenvalue weighted by atomic mass is 16.5. The first kappa shape index (κ1) is 22.9. The molecule has 0 radical (unpaired) electrons. The number of ketones is 1. The van der Waals surface area contributed by atoms with Gasteiger partial charge in [-0.1, -0.05) is 44.9 Å². The van der Waals surface area contributed by atoms with Crippen LogP contribution >= 0.6 is 0 Å². The summed E-state index contributed by atoms with van der Waals surface area (Å²) in [5.74, 6) is 3.69. The minimum atomic E-state index is 0.141. The Bertz CT molecular complexity index is 739. The van der Waals surface area contributed by atoms with Crippen LogP contribution in [0.5, 0.6) is 0 Å². The van der Waals surface area contributed by atoms with Crippen LogP contribution in [0, 0.1) is 23.7 Å². The number of hydrogen-bond acceptors (Lipinski definition) is 3. The zero-order chi connectivity index (χ0) is 21.7. The Morgan fingerprint density at radius 2 is 2.07 bits per heavy atom. The minimum absolute atomic E-state index is 0.141. The first-order chi connectivity index (χ1) is 14.5. The summed E-state index contributed by atoms with van der Waals surface area (Å²) < 4.78 is 12.0. The van der Waals surface area contributed by atoms with Gasteiger partial charge in [0.1, 0.15) is 17.6 Å². The highest BCUT2D eigenvalue weighted by molar-refractivity contribution is 5.83. The summed E-state index contributed by atoms with van der Waals surface area (Å²) in [6.45, 7) is 8.69. The highest BCUT2D eigenvalue weighted by Crippen LogP contribution is 2.45. The summed E-state index contributed by atoms with van der Waals surface area (Å²) in [5.41, 5.74) is 2.81. The van der Waals surface area contributed by atoms with Crippen LogP contribution in [0.25, 0.3) is 0 Å². The van der Waals surface area contributed by atoms with Crippen LogP contribution in [0.2, 0.25) is 0 Å². The van der Waals surface area contributed by atoms with Crippen LogP contribution in [0.4, 0.5) is 0 Å². The Hall–Kier alpha value is -1.77. The highest BCUT2D eigenvalue weighted by Gasteiger charge is 2.36. The maximum absolute atomic E-state index is 13.3. The zero-order valence-electron chi connectivity index (χ0n) is 19.6. The summed E-state index contributed by atoms with van der Waals surface area (Å²) in [6, 6.07) is 0. The number of carbonyl (C=O) groups is 1. The molecule has 1 saturated carbocycles. The van der Waals surface area contributed by atoms with Gasteiger partial charge in [0.2, 0.25) is 0 Å². The molecule has 0 saturated heterocycles. The van der Waals surface area contributed by atoms with Gasteiger partial charge in [-0.3, -0.25) is 4.79 Å². The molecular formula is C27H40O3. The van der Waals surface area contributed by atoms with E-state index in [2.05, 4.69) is 45.9 Å². The van der Waals surface area contributed by atoms with Crippen molar-refractivity contribution in [3.05, 3.63) is 47.0 Å². The van der Waals surface area contributed by atoms with Crippen LogP contribution in [0.3, 0.4) is 0 Å². The third-order valence-electron chi connectivity index (χ3n) is 7.43. The number of allylic oxidation sites excluding steroid dienone is 6. The third kappa shape index (κ3) is 5.47. The summed E-state index contributed by atoms with van der Waals surface area (Å²) in [6.07, 6.45) is 16.7. The molecular weight excluding hydrogens is 372 g/mol. The van der Waals surface area contributed by atoms with Crippen molar-refractivity contribution < 1.29 is 14.3 Å². The Kier molecular flexibility index (Phi) is 8.02. The van der Waals surface area contributed by atoms with Crippen molar-refractivity contribution in [3.8, 4) is 0 Å². The largest absolute Gasteiger partial charge is 0.501 e. The number of carbonyl (C=O) groups excluding carboxylic acids is 1. The van der Waals surface area contributed by atoms with Gasteiger partial charge in [0, 0.05) is 18.3 Å². The number of ether oxygens (including phenoxy) is 2. The molecule has 3 heteroatoms. The van der Waals surface area contributed by atoms with E-state index in [4.69, 9.17) is 9.47 Å². The molecule has 0 aliphatic heterocycles. The lowest BCUT2D eigenvalue weighted by molar-refractivity contribution is -0.128. The van der Waals surface area contributed by atoms with Gasteiger partial charge in [-0.2, -0.15) is 0 Å². The fourth-order valence-corrected chi connectivity index (χ4v) is 5.19. The van der Waals surface area contributed by atoms with E-state index in [9.17, 15) is 4.79 Å². The molecule has 0 spiro atoms. The second-order valence-corrected chi connectivity index (χ2v) is 9.46. The van der Waals surface area contributed by atoms with Gasteiger partial charge in [0.15, 0.2) is 0 Å². The van der Waals surface area contributed by atoms with Crippen LogP contribution in [0.1, 0.15) is 79.1 Å². The molecule has 0 bridgehead atoms. The normalized spacial score (nSPS) is 28.6. The predicted molar refractivity (Wildman–Crippen MR) is 123 cm³/mol. The number of methoxy groups -OCH3 is 1. The molecule has 3 rings (SSSR count). The van der Waals surface area contributed by atoms with Gasteiger partial charge in [0.25, 0.3) is 0 Å². The molecule has 1 fully saturated rings. The number of Topliss-reactive ketones (excluding diaryl/α,β-unsaturated/α-hetero) is 1. The van der Waals surface area contributed by atoms with E-state index in [1.165, 1.54) is 11.1 Å². The van der Waals surface area contributed by atoms with Gasteiger partial charge < -0.3 is 9.47 Å². The summed E-state index contributed by atoms with van der Waals surface area (Å²) in [7, 11) is 1.74. The summed E-state index contributed by atoms with van der Waals surface area (Å²) in [5, 5.41) is 0. The Morgan fingerprint density at radius 1 is 1.27 bits per heavy atom. The van der Waals surface area contributed by atoms with E-state index in [-0.39, 0.29) is 17.9 Å². The molecule has 30 heavy (non-hydrogen) atoms. The van der Waals surface area contributed by atoms with E-state index < -0.39 is 0 Å². The molecule has 3 aliphatic carbocycles. The molecule has 166 valence electrons. The van der Waals surface area contributed by atoms with Crippen molar-refractivity contribution in [2.24, 2.45) is 23.7 Å². The molecule has 0 amide bonds. The van der Waals surface area contributed by atoms with Gasteiger partial charge in [-0.25, -0.2) is 0 Å². The maximum atomic E-state index is 13.3. The first-order valence-electron chi connectivity index (χ1n) is 12.0. The third-order valence-corrected chi connectivity index (χ3v) is 7.43. The van der Waals surface area contributed by atoms with Gasteiger partial charge in [-0.15, -0.1) is 0 Å². The SMILES string of the molecule is CC=CCC(CC)C(C)C(=O)C1CCCC(OC2=CC=C(OC)CC3=C2C3)C(C)C1. The van der Waals surface area contributed by atoms with Crippen LogP contribution < -0.4 is 0 Å². The standard InChI is InChI=1S/C27H40O3/c1-6-8-10-20(7-2)19(4)27(28)21-11-9-12-25(18(3)15-21)30-26-14-13-23(29-5)16-22-17-24(22)26/h6,8,13-14,18-21,25H,7,9-12,15-17H2,1-5H3. The van der Waals surface area contributed by atoms with Crippen molar-refractivity contribution in [2.45, 2.75) is 85.2 Å². The topological polar surface area (TPSA) is 35.5 Å². The smallest absolute Gasteiger partial charge is 0.139 e. The van der Waals surface area contributed by atoms with Gasteiger partial charge in [-0.05, 0) is 75.0 Å². The Labute approximate surface area is 183 Å². The molecule has 5 unspecified atom stereocenters. The maximum Gasteiger partial charge on any atom is 0.139 e. The van der Waals surface area contributed by atoms with E-state index in [1.807, 2.05) is 6.08 Å². The quantitative estimate of drug-likeness (QED) is 0.305. The average molecular weight is 413 g/mol. The molecule has 0 N–H and O–H groups in total. The fraction of sp³-hybridized carbons (Fsp3) is 0.667. The van der Waals surface area contributed by atoms with Crippen molar-refractivity contribution in [1.82, 2.24) is 0 Å². The van der Waals surface area contributed by atoms with Crippen molar-refractivity contribution >= 4 is 5.78 Å². The average Bonchev–Trinajstić information content (AvgIpc) is 3.54. The zero-order valence-corrected chi connectivity index (χ0v) is 19.6. The van der Waals surface area contributed by atoms with E-state index in [1.54, 1.807) is 7.11 Å². The Morgan fingerprint density at radius 3 is 2.77 bits per heavy atom. The fourth-order valence-electron chi connectivity index (χ4n) is 5.19. The van der Waals surface area contributed by atoms with Crippen molar-refractivity contribution in [3.63, 3.8) is 0 Å². The van der Waals surface area contributed by atoms with Crippen LogP contribution in [-0.4, -0.2) is 19.0 Å². The molecule has 5 atom stereocenters. The van der Waals surface area contributed by atoms with E-state index >= 15 is 0 Å². The second-order valence-electron chi connectivity index (χ2n) is 9.46. The predicted octanol–water partition coefficient (Wildman–Crippen LogP) is 6.91. The lowest BCUT2D eigenvalue weighted by atomic mass is 9.78. The number of hydrogen-bond donors (Lipinski definition) is 0. The van der Waals surface area contributed by atoms with E-state index in [0.29, 0.717) is 17.6 Å². The molecule has 3 nitrogen and oxygen atoms in total. The monoisotopic (exact) mass is 412 g/mol. The molecule has 0 aromatic rings. The summed E-state index contributed by atoms with van der Waals surface area (Å²) in [4.78, 5) is 13.3.